The van der Waals surface area contributed by atoms with Gasteiger partial charge in [-0.3, -0.25) is 4.79 Å². The summed E-state index contributed by atoms with van der Waals surface area (Å²) in [5.41, 5.74) is 0.814. The van der Waals surface area contributed by atoms with Crippen LogP contribution in [0.2, 0.25) is 0 Å². The minimum absolute atomic E-state index is 0.139. The molecule has 0 atom stereocenters. The predicted molar refractivity (Wildman–Crippen MR) is 90.4 cm³/mol. The molecule has 0 unspecified atom stereocenters. The van der Waals surface area contributed by atoms with Gasteiger partial charge in [0.2, 0.25) is 5.91 Å². The first-order chi connectivity index (χ1) is 11.5. The Hall–Kier alpha value is -2.44. The Morgan fingerprint density at radius 1 is 1.04 bits per heavy atom. The molecule has 134 valence electrons. The normalized spacial score (nSPS) is 10.2. The predicted octanol–water partition coefficient (Wildman–Crippen LogP) is 1.74. The smallest absolute Gasteiger partial charge is 0.407 e. The van der Waals surface area contributed by atoms with E-state index in [-0.39, 0.29) is 18.2 Å². The molecule has 1 aromatic rings. The van der Waals surface area contributed by atoms with E-state index in [2.05, 4.69) is 10.6 Å². The molecule has 2 amide bonds. The number of alkyl carbamates (subject to hydrolysis) is 1. The van der Waals surface area contributed by atoms with Gasteiger partial charge in [-0.15, -0.1) is 0 Å². The van der Waals surface area contributed by atoms with Crippen LogP contribution < -0.4 is 20.1 Å². The molecule has 7 heteroatoms. The molecule has 0 aliphatic carbocycles. The van der Waals surface area contributed by atoms with Crippen molar-refractivity contribution in [3.05, 3.63) is 23.8 Å². The Kier molecular flexibility index (Phi) is 8.46. The number of benzene rings is 1. The highest BCUT2D eigenvalue weighted by atomic mass is 16.5. The van der Waals surface area contributed by atoms with Gasteiger partial charge in [0.15, 0.2) is 11.5 Å². The van der Waals surface area contributed by atoms with Crippen molar-refractivity contribution in [3.63, 3.8) is 0 Å². The Morgan fingerprint density at radius 3 is 2.33 bits per heavy atom. The average Bonchev–Trinajstić information content (AvgIpc) is 2.56. The molecule has 2 N–H and O–H groups in total. The SMILES string of the molecule is COc1ccc(CC(=O)NCCNC(=O)OCC(C)C)cc1OC. The van der Waals surface area contributed by atoms with Crippen LogP contribution >= 0.6 is 0 Å². The lowest BCUT2D eigenvalue weighted by Crippen LogP contribution is -2.35. The van der Waals surface area contributed by atoms with Crippen LogP contribution in [0, 0.1) is 5.92 Å². The van der Waals surface area contributed by atoms with E-state index >= 15 is 0 Å². The van der Waals surface area contributed by atoms with Crippen molar-refractivity contribution in [2.75, 3.05) is 33.9 Å². The van der Waals surface area contributed by atoms with Gasteiger partial charge in [0, 0.05) is 13.1 Å². The molecule has 0 aliphatic rings. The average molecular weight is 338 g/mol. The van der Waals surface area contributed by atoms with E-state index in [0.29, 0.717) is 31.2 Å². The first kappa shape index (κ1) is 19.6. The van der Waals surface area contributed by atoms with Crippen molar-refractivity contribution in [2.24, 2.45) is 5.92 Å². The molecule has 7 nitrogen and oxygen atoms in total. The number of methoxy groups -OCH3 is 2. The summed E-state index contributed by atoms with van der Waals surface area (Å²) >= 11 is 0. The summed E-state index contributed by atoms with van der Waals surface area (Å²) in [5, 5.41) is 5.31. The zero-order chi connectivity index (χ0) is 17.9. The Balaban J connectivity index is 2.30. The topological polar surface area (TPSA) is 85.9 Å². The van der Waals surface area contributed by atoms with Gasteiger partial charge in [-0.1, -0.05) is 19.9 Å². The number of hydrogen-bond donors (Lipinski definition) is 2. The second-order valence-electron chi connectivity index (χ2n) is 5.64. The molecular weight excluding hydrogens is 312 g/mol. The summed E-state index contributed by atoms with van der Waals surface area (Å²) < 4.78 is 15.3. The highest BCUT2D eigenvalue weighted by Gasteiger charge is 2.08. The molecular formula is C17H26N2O5. The first-order valence-electron chi connectivity index (χ1n) is 7.84. The van der Waals surface area contributed by atoms with Crippen LogP contribution in [0.5, 0.6) is 11.5 Å². The van der Waals surface area contributed by atoms with E-state index in [4.69, 9.17) is 14.2 Å². The number of hydrogen-bond acceptors (Lipinski definition) is 5. The summed E-state index contributed by atoms with van der Waals surface area (Å²) in [7, 11) is 3.11. The van der Waals surface area contributed by atoms with Crippen molar-refractivity contribution in [2.45, 2.75) is 20.3 Å². The molecule has 0 saturated carbocycles. The van der Waals surface area contributed by atoms with Gasteiger partial charge in [-0.2, -0.15) is 0 Å². The standard InChI is InChI=1S/C17H26N2O5/c1-12(2)11-24-17(21)19-8-7-18-16(20)10-13-5-6-14(22-3)15(9-13)23-4/h5-6,9,12H,7-8,10-11H2,1-4H3,(H,18,20)(H,19,21). The van der Waals surface area contributed by atoms with Crippen molar-refractivity contribution in [1.82, 2.24) is 10.6 Å². The number of ether oxygens (including phenoxy) is 3. The lowest BCUT2D eigenvalue weighted by molar-refractivity contribution is -0.120. The summed E-state index contributed by atoms with van der Waals surface area (Å²) in [6.07, 6.45) is -0.254. The van der Waals surface area contributed by atoms with E-state index in [9.17, 15) is 9.59 Å². The van der Waals surface area contributed by atoms with E-state index in [0.717, 1.165) is 5.56 Å². The number of rotatable bonds is 9. The van der Waals surface area contributed by atoms with E-state index in [1.807, 2.05) is 19.9 Å². The number of amides is 2. The molecule has 0 heterocycles. The Morgan fingerprint density at radius 2 is 1.71 bits per heavy atom. The van der Waals surface area contributed by atoms with Crippen LogP contribution in [0.1, 0.15) is 19.4 Å². The quantitative estimate of drug-likeness (QED) is 0.670. The highest BCUT2D eigenvalue weighted by Crippen LogP contribution is 2.27. The van der Waals surface area contributed by atoms with Crippen LogP contribution in [-0.4, -0.2) is 45.9 Å². The Bertz CT molecular complexity index is 546. The third-order valence-corrected chi connectivity index (χ3v) is 3.08. The second-order valence-corrected chi connectivity index (χ2v) is 5.64. The maximum atomic E-state index is 11.9. The first-order valence-corrected chi connectivity index (χ1v) is 7.84. The summed E-state index contributed by atoms with van der Waals surface area (Å²) in [5.74, 6) is 1.35. The molecule has 0 fully saturated rings. The largest absolute Gasteiger partial charge is 0.493 e. The lowest BCUT2D eigenvalue weighted by Gasteiger charge is -2.11. The van der Waals surface area contributed by atoms with Gasteiger partial charge < -0.3 is 24.8 Å². The fraction of sp³-hybridized carbons (Fsp3) is 0.529. The maximum Gasteiger partial charge on any atom is 0.407 e. The van der Waals surface area contributed by atoms with Gasteiger partial charge in [-0.25, -0.2) is 4.79 Å². The summed E-state index contributed by atoms with van der Waals surface area (Å²) in [6, 6.07) is 5.33. The zero-order valence-electron chi connectivity index (χ0n) is 14.7. The molecule has 0 saturated heterocycles. The van der Waals surface area contributed by atoms with Crippen LogP contribution in [-0.2, 0) is 16.0 Å². The van der Waals surface area contributed by atoms with Gasteiger partial charge in [0.05, 0.1) is 27.2 Å². The molecule has 0 bridgehead atoms. The van der Waals surface area contributed by atoms with Gasteiger partial charge in [-0.05, 0) is 23.6 Å². The third-order valence-electron chi connectivity index (χ3n) is 3.08. The third kappa shape index (κ3) is 7.21. The van der Waals surface area contributed by atoms with Gasteiger partial charge >= 0.3 is 6.09 Å². The number of carbonyl (C=O) groups excluding carboxylic acids is 2. The van der Waals surface area contributed by atoms with Crippen LogP contribution in [0.25, 0.3) is 0 Å². The Labute approximate surface area is 142 Å². The van der Waals surface area contributed by atoms with Crippen molar-refractivity contribution in [1.29, 1.82) is 0 Å². The summed E-state index contributed by atoms with van der Waals surface area (Å²) in [4.78, 5) is 23.2. The van der Waals surface area contributed by atoms with E-state index in [1.165, 1.54) is 0 Å². The minimum atomic E-state index is -0.474. The van der Waals surface area contributed by atoms with E-state index < -0.39 is 6.09 Å². The number of carbonyl (C=O) groups is 2. The molecule has 1 aromatic carbocycles. The fourth-order valence-corrected chi connectivity index (χ4v) is 1.90. The zero-order valence-corrected chi connectivity index (χ0v) is 14.7. The highest BCUT2D eigenvalue weighted by molar-refractivity contribution is 5.78. The van der Waals surface area contributed by atoms with Crippen molar-refractivity contribution in [3.8, 4) is 11.5 Å². The molecule has 0 aromatic heterocycles. The van der Waals surface area contributed by atoms with Crippen molar-refractivity contribution < 1.29 is 23.8 Å². The monoisotopic (exact) mass is 338 g/mol. The van der Waals surface area contributed by atoms with Crippen LogP contribution in [0.15, 0.2) is 18.2 Å². The minimum Gasteiger partial charge on any atom is -0.493 e. The maximum absolute atomic E-state index is 11.9. The van der Waals surface area contributed by atoms with Gasteiger partial charge in [0.1, 0.15) is 0 Å². The van der Waals surface area contributed by atoms with E-state index in [1.54, 1.807) is 26.4 Å². The fourth-order valence-electron chi connectivity index (χ4n) is 1.90. The van der Waals surface area contributed by atoms with Gasteiger partial charge in [0.25, 0.3) is 0 Å². The second kappa shape index (κ2) is 10.4. The molecule has 24 heavy (non-hydrogen) atoms. The molecule has 0 radical (unpaired) electrons. The van der Waals surface area contributed by atoms with Crippen LogP contribution in [0.4, 0.5) is 4.79 Å². The van der Waals surface area contributed by atoms with Crippen molar-refractivity contribution >= 4 is 12.0 Å². The molecule has 0 spiro atoms. The molecule has 1 rings (SSSR count). The lowest BCUT2D eigenvalue weighted by atomic mass is 10.1. The van der Waals surface area contributed by atoms with Crippen LogP contribution in [0.3, 0.4) is 0 Å². The number of nitrogens with one attached hydrogen (secondary N) is 2. The molecule has 0 aliphatic heterocycles. The summed E-state index contributed by atoms with van der Waals surface area (Å²) in [6.45, 7) is 4.94.